The van der Waals surface area contributed by atoms with Gasteiger partial charge in [0, 0.05) is 62.0 Å². The lowest BCUT2D eigenvalue weighted by Crippen LogP contribution is -2.63. The molecule has 0 aromatic heterocycles. The van der Waals surface area contributed by atoms with Crippen LogP contribution in [0.2, 0.25) is 0 Å². The lowest BCUT2D eigenvalue weighted by atomic mass is 9.79. The van der Waals surface area contributed by atoms with Crippen LogP contribution in [-0.2, 0) is 18.8 Å². The van der Waals surface area contributed by atoms with Crippen LogP contribution in [0.4, 0.5) is 0 Å². The predicted octanol–water partition coefficient (Wildman–Crippen LogP) is 11.7. The Labute approximate surface area is 387 Å². The number of benzene rings is 4. The molecule has 2 fully saturated rings. The Hall–Kier alpha value is -2.61. The largest absolute Gasteiger partial charge is 0.314 e. The summed E-state index contributed by atoms with van der Waals surface area (Å²) in [5.74, 6) is 0. The molecule has 2 aliphatic heterocycles. The number of unbranched alkanes of at least 4 members (excludes halogenated alkanes) is 2. The fourth-order valence-electron chi connectivity index (χ4n) is 10.3. The van der Waals surface area contributed by atoms with Gasteiger partial charge in [0.25, 0.3) is 0 Å². The molecule has 0 radical (unpaired) electrons. The third kappa shape index (κ3) is 13.5. The van der Waals surface area contributed by atoms with Crippen LogP contribution in [0.25, 0.3) is 0 Å². The SMILES string of the molecule is CCCCN(C1CC(C)(C)N(OC)C(C)(C)C1)P(=O)(c1ccccc1)c1ccccc1.CCCCNC1CC(C)(C)N(OC)C(C)(C)C1.O=P(Cl)(c1ccccc1)c1ccccc1. The van der Waals surface area contributed by atoms with Crippen molar-refractivity contribution in [2.75, 3.05) is 27.3 Å². The first-order valence-electron chi connectivity index (χ1n) is 23.0. The highest BCUT2D eigenvalue weighted by molar-refractivity contribution is 8.00. The molecule has 4 aromatic carbocycles. The first kappa shape index (κ1) is 53.0. The van der Waals surface area contributed by atoms with Crippen molar-refractivity contribution in [3.05, 3.63) is 121 Å². The van der Waals surface area contributed by atoms with Crippen LogP contribution in [0.1, 0.15) is 121 Å². The van der Waals surface area contributed by atoms with Crippen LogP contribution >= 0.6 is 25.0 Å². The Bertz CT molecular complexity index is 1910. The second-order valence-electron chi connectivity index (χ2n) is 19.6. The Morgan fingerprint density at radius 3 is 1.24 bits per heavy atom. The lowest BCUT2D eigenvalue weighted by molar-refractivity contribution is -0.270. The van der Waals surface area contributed by atoms with E-state index in [9.17, 15) is 4.57 Å². The van der Waals surface area contributed by atoms with E-state index in [4.69, 9.17) is 20.9 Å². The molecule has 63 heavy (non-hydrogen) atoms. The van der Waals surface area contributed by atoms with E-state index in [1.165, 1.54) is 12.8 Å². The van der Waals surface area contributed by atoms with Gasteiger partial charge in [-0.3, -0.25) is 9.13 Å². The zero-order valence-electron chi connectivity index (χ0n) is 40.5. The molecule has 1 N–H and O–H groups in total. The molecule has 348 valence electrons. The highest BCUT2D eigenvalue weighted by atomic mass is 35.7. The maximum Gasteiger partial charge on any atom is 0.225 e. The van der Waals surface area contributed by atoms with E-state index in [0.29, 0.717) is 16.7 Å². The third-order valence-corrected chi connectivity index (χ3v) is 18.7. The average Bonchev–Trinajstić information content (AvgIpc) is 3.24. The molecule has 0 unspecified atom stereocenters. The van der Waals surface area contributed by atoms with E-state index in [2.05, 4.69) is 89.4 Å². The summed E-state index contributed by atoms with van der Waals surface area (Å²) in [4.78, 5) is 11.4. The van der Waals surface area contributed by atoms with E-state index >= 15 is 4.57 Å². The molecule has 8 nitrogen and oxygen atoms in total. The smallest absolute Gasteiger partial charge is 0.225 e. The van der Waals surface area contributed by atoms with Crippen LogP contribution < -0.4 is 26.5 Å². The van der Waals surface area contributed by atoms with Crippen molar-refractivity contribution in [3.8, 4) is 0 Å². The third-order valence-electron chi connectivity index (χ3n) is 12.4. The Morgan fingerprint density at radius 1 is 0.571 bits per heavy atom. The van der Waals surface area contributed by atoms with Crippen molar-refractivity contribution in [1.29, 1.82) is 0 Å². The molecule has 0 aliphatic carbocycles. The van der Waals surface area contributed by atoms with Gasteiger partial charge in [0.15, 0.2) is 0 Å². The maximum absolute atomic E-state index is 15.2. The van der Waals surface area contributed by atoms with E-state index in [0.717, 1.165) is 62.2 Å². The first-order valence-corrected chi connectivity index (χ1v) is 27.3. The second-order valence-corrected chi connectivity index (χ2v) is 25.9. The first-order chi connectivity index (χ1) is 29.7. The Balaban J connectivity index is 0.000000229. The summed E-state index contributed by atoms with van der Waals surface area (Å²) >= 11 is 6.14. The Kier molecular flexibility index (Phi) is 19.5. The van der Waals surface area contributed by atoms with E-state index < -0.39 is 13.8 Å². The highest BCUT2D eigenvalue weighted by Crippen LogP contribution is 2.53. The fraction of sp³-hybridized carbons (Fsp3) is 0.538. The summed E-state index contributed by atoms with van der Waals surface area (Å²) in [5, 5.41) is 11.2. The minimum atomic E-state index is -3.00. The zero-order chi connectivity index (χ0) is 46.5. The van der Waals surface area contributed by atoms with Gasteiger partial charge >= 0.3 is 0 Å². The summed E-state index contributed by atoms with van der Waals surface area (Å²) in [6, 6.07) is 39.2. The number of piperidine rings is 2. The Morgan fingerprint density at radius 2 is 0.905 bits per heavy atom. The second kappa shape index (κ2) is 23.2. The number of rotatable bonds is 15. The van der Waals surface area contributed by atoms with Crippen molar-refractivity contribution < 1.29 is 18.8 Å². The number of nitrogens with zero attached hydrogens (tertiary/aromatic N) is 3. The van der Waals surface area contributed by atoms with Crippen LogP contribution in [0, 0.1) is 0 Å². The quantitative estimate of drug-likeness (QED) is 0.0934. The maximum atomic E-state index is 15.2. The van der Waals surface area contributed by atoms with Crippen molar-refractivity contribution in [1.82, 2.24) is 20.1 Å². The molecule has 0 amide bonds. The van der Waals surface area contributed by atoms with Gasteiger partial charge in [-0.1, -0.05) is 124 Å². The normalized spacial score (nSPS) is 19.1. The summed E-state index contributed by atoms with van der Waals surface area (Å²) in [6.07, 6.45) is 8.72. The lowest BCUT2D eigenvalue weighted by Gasteiger charge is -2.56. The molecule has 2 aliphatic rings. The average molecular weight is 922 g/mol. The molecular formula is C52H79ClN4O4P2. The summed E-state index contributed by atoms with van der Waals surface area (Å²) in [7, 11) is 0.548. The van der Waals surface area contributed by atoms with E-state index in [-0.39, 0.29) is 28.2 Å². The number of halogens is 1. The van der Waals surface area contributed by atoms with Gasteiger partial charge in [0.1, 0.15) is 0 Å². The van der Waals surface area contributed by atoms with Gasteiger partial charge in [-0.25, -0.2) is 4.67 Å². The van der Waals surface area contributed by atoms with Gasteiger partial charge in [0.2, 0.25) is 13.8 Å². The number of nitrogens with one attached hydrogen (secondary N) is 1. The van der Waals surface area contributed by atoms with Gasteiger partial charge < -0.3 is 15.0 Å². The van der Waals surface area contributed by atoms with Crippen LogP contribution in [-0.4, -0.2) is 76.3 Å². The molecule has 6 rings (SSSR count). The minimum absolute atomic E-state index is 0.0976. The van der Waals surface area contributed by atoms with Gasteiger partial charge in [0.05, 0.1) is 14.2 Å². The summed E-state index contributed by atoms with van der Waals surface area (Å²) < 4.78 is 29.9. The molecule has 0 atom stereocenters. The molecule has 2 heterocycles. The molecule has 4 aromatic rings. The van der Waals surface area contributed by atoms with Gasteiger partial charge in [-0.15, -0.1) is 0 Å². The molecular weight excluding hydrogens is 842 g/mol. The summed E-state index contributed by atoms with van der Waals surface area (Å²) in [5.41, 5.74) is -0.131. The number of hydrogen-bond acceptors (Lipinski definition) is 7. The standard InChI is InChI=1S/C26H39N2O2P.C14H30N2O.C12H10ClOP/c1-7-8-19-27(22-20-25(2,3)28(30-6)26(4,5)21-22)31(29,23-15-11-9-12-16-23)24-17-13-10-14-18-24;1-7-8-9-15-12-10-13(2,3)16(17-6)14(4,5)11-12;13-15(14,11-7-3-1-4-8-11)12-9-5-2-6-10-12/h9-18,22H,7-8,19-21H2,1-6H3;12,15H,7-11H2,1-6H3;1-10H. The monoisotopic (exact) mass is 921 g/mol. The van der Waals surface area contributed by atoms with Gasteiger partial charge in [-0.2, -0.15) is 10.1 Å². The van der Waals surface area contributed by atoms with Crippen LogP contribution in [0.15, 0.2) is 121 Å². The topological polar surface area (TPSA) is 74.3 Å². The zero-order valence-corrected chi connectivity index (χ0v) is 43.1. The molecule has 2 saturated heterocycles. The fourth-order valence-corrected chi connectivity index (χ4v) is 15.4. The molecule has 11 heteroatoms. The predicted molar refractivity (Wildman–Crippen MR) is 270 cm³/mol. The van der Waals surface area contributed by atoms with Crippen LogP contribution in [0.3, 0.4) is 0 Å². The molecule has 0 bridgehead atoms. The summed E-state index contributed by atoms with van der Waals surface area (Å²) in [6.45, 7) is 21.5. The van der Waals surface area contributed by atoms with Crippen molar-refractivity contribution in [2.45, 2.75) is 155 Å². The van der Waals surface area contributed by atoms with Crippen molar-refractivity contribution >= 4 is 46.2 Å². The number of hydrogen-bond donors (Lipinski definition) is 1. The van der Waals surface area contributed by atoms with Gasteiger partial charge in [-0.05, 0) is 136 Å². The molecule has 0 saturated carbocycles. The van der Waals surface area contributed by atoms with Crippen molar-refractivity contribution in [2.24, 2.45) is 0 Å². The highest BCUT2D eigenvalue weighted by Gasteiger charge is 2.51. The number of hydroxylamine groups is 4. The minimum Gasteiger partial charge on any atom is -0.314 e. The molecule has 0 spiro atoms. The van der Waals surface area contributed by atoms with Crippen molar-refractivity contribution in [3.63, 3.8) is 0 Å². The van der Waals surface area contributed by atoms with E-state index in [1.807, 2.05) is 97.1 Å². The van der Waals surface area contributed by atoms with E-state index in [1.54, 1.807) is 38.5 Å². The van der Waals surface area contributed by atoms with Crippen LogP contribution in [0.5, 0.6) is 0 Å².